The Morgan fingerprint density at radius 1 is 1.50 bits per heavy atom. The maximum Gasteiger partial charge on any atom is 0.323 e. The number of carboxylic acids is 1. The summed E-state index contributed by atoms with van der Waals surface area (Å²) in [5.74, 6) is -0.0957. The van der Waals surface area contributed by atoms with E-state index in [1.165, 1.54) is 19.3 Å². The summed E-state index contributed by atoms with van der Waals surface area (Å²) in [5.41, 5.74) is -0.617. The molecule has 0 aromatic rings. The zero-order valence-corrected chi connectivity index (χ0v) is 10.6. The molecule has 2 atom stereocenters. The molecular formula is C13H25NO2. The van der Waals surface area contributed by atoms with Gasteiger partial charge in [0.25, 0.3) is 0 Å². The molecule has 1 saturated heterocycles. The van der Waals surface area contributed by atoms with E-state index in [9.17, 15) is 9.90 Å². The fraction of sp³-hybridized carbons (Fsp3) is 0.923. The van der Waals surface area contributed by atoms with Gasteiger partial charge in [0.15, 0.2) is 0 Å². The Labute approximate surface area is 98.6 Å². The fourth-order valence-corrected chi connectivity index (χ4v) is 2.69. The highest BCUT2D eigenvalue weighted by Crippen LogP contribution is 2.31. The average Bonchev–Trinajstić information content (AvgIpc) is 2.74. The van der Waals surface area contributed by atoms with E-state index < -0.39 is 11.5 Å². The molecule has 3 nitrogen and oxygen atoms in total. The van der Waals surface area contributed by atoms with Gasteiger partial charge in [-0.1, -0.05) is 39.5 Å². The highest BCUT2D eigenvalue weighted by atomic mass is 16.4. The summed E-state index contributed by atoms with van der Waals surface area (Å²) >= 11 is 0. The zero-order chi connectivity index (χ0) is 12.0. The van der Waals surface area contributed by atoms with Crippen LogP contribution in [-0.2, 0) is 4.79 Å². The van der Waals surface area contributed by atoms with Crippen LogP contribution in [0.5, 0.6) is 0 Å². The third-order valence-electron chi connectivity index (χ3n) is 3.83. The lowest BCUT2D eigenvalue weighted by Gasteiger charge is -2.29. The van der Waals surface area contributed by atoms with Crippen molar-refractivity contribution in [3.63, 3.8) is 0 Å². The van der Waals surface area contributed by atoms with Gasteiger partial charge in [-0.05, 0) is 31.7 Å². The first kappa shape index (κ1) is 13.5. The molecule has 0 aromatic carbocycles. The number of hydrogen-bond acceptors (Lipinski definition) is 2. The van der Waals surface area contributed by atoms with Crippen LogP contribution in [0.4, 0.5) is 0 Å². The number of nitrogens with one attached hydrogen (secondary N) is 1. The monoisotopic (exact) mass is 227 g/mol. The molecule has 1 fully saturated rings. The molecular weight excluding hydrogens is 202 g/mol. The molecule has 0 radical (unpaired) electrons. The predicted octanol–water partition coefficient (Wildman–Crippen LogP) is 2.80. The second-order valence-corrected chi connectivity index (χ2v) is 5.04. The van der Waals surface area contributed by atoms with Gasteiger partial charge in [-0.2, -0.15) is 0 Å². The van der Waals surface area contributed by atoms with Crippen LogP contribution >= 0.6 is 0 Å². The summed E-state index contributed by atoms with van der Waals surface area (Å²) in [7, 11) is 0. The second kappa shape index (κ2) is 6.24. The lowest BCUT2D eigenvalue weighted by atomic mass is 9.82. The largest absolute Gasteiger partial charge is 0.480 e. The fourth-order valence-electron chi connectivity index (χ4n) is 2.69. The van der Waals surface area contributed by atoms with Crippen molar-refractivity contribution < 1.29 is 9.90 Å². The van der Waals surface area contributed by atoms with Crippen LogP contribution in [-0.4, -0.2) is 23.2 Å². The van der Waals surface area contributed by atoms with Gasteiger partial charge in [-0.15, -0.1) is 0 Å². The van der Waals surface area contributed by atoms with Crippen molar-refractivity contribution in [1.82, 2.24) is 5.32 Å². The van der Waals surface area contributed by atoms with Crippen LogP contribution < -0.4 is 5.32 Å². The molecule has 2 unspecified atom stereocenters. The molecule has 0 aromatic heterocycles. The van der Waals surface area contributed by atoms with Crippen LogP contribution in [0, 0.1) is 5.92 Å². The number of aliphatic carboxylic acids is 1. The Kier molecular flexibility index (Phi) is 5.26. The van der Waals surface area contributed by atoms with E-state index >= 15 is 0 Å². The first-order valence-electron chi connectivity index (χ1n) is 6.63. The van der Waals surface area contributed by atoms with Crippen LogP contribution in [0.1, 0.15) is 58.8 Å². The van der Waals surface area contributed by atoms with Gasteiger partial charge < -0.3 is 10.4 Å². The number of rotatable bonds is 7. The third-order valence-corrected chi connectivity index (χ3v) is 3.83. The lowest BCUT2D eigenvalue weighted by Crippen LogP contribution is -2.48. The van der Waals surface area contributed by atoms with Gasteiger partial charge in [-0.3, -0.25) is 4.79 Å². The van der Waals surface area contributed by atoms with Crippen molar-refractivity contribution in [3.05, 3.63) is 0 Å². The Morgan fingerprint density at radius 3 is 2.69 bits per heavy atom. The highest BCUT2D eigenvalue weighted by Gasteiger charge is 2.42. The van der Waals surface area contributed by atoms with Crippen molar-refractivity contribution >= 4 is 5.97 Å². The molecule has 0 bridgehead atoms. The van der Waals surface area contributed by atoms with Crippen LogP contribution in [0.3, 0.4) is 0 Å². The highest BCUT2D eigenvalue weighted by molar-refractivity contribution is 5.79. The number of carbonyl (C=O) groups is 1. The molecule has 16 heavy (non-hydrogen) atoms. The van der Waals surface area contributed by atoms with Crippen LogP contribution in [0.25, 0.3) is 0 Å². The van der Waals surface area contributed by atoms with Crippen LogP contribution in [0.15, 0.2) is 0 Å². The maximum absolute atomic E-state index is 11.4. The average molecular weight is 227 g/mol. The number of carboxylic acid groups (broad SMARTS) is 1. The van der Waals surface area contributed by atoms with E-state index in [2.05, 4.69) is 19.2 Å². The molecule has 1 rings (SSSR count). The summed E-state index contributed by atoms with van der Waals surface area (Å²) in [6, 6.07) is 0. The molecule has 94 valence electrons. The first-order valence-corrected chi connectivity index (χ1v) is 6.63. The molecule has 2 N–H and O–H groups in total. The predicted molar refractivity (Wildman–Crippen MR) is 65.5 cm³/mol. The van der Waals surface area contributed by atoms with Gasteiger partial charge in [-0.25, -0.2) is 0 Å². The molecule has 0 spiro atoms. The molecule has 3 heteroatoms. The van der Waals surface area contributed by atoms with E-state index in [0.29, 0.717) is 5.92 Å². The van der Waals surface area contributed by atoms with Gasteiger partial charge >= 0.3 is 5.97 Å². The van der Waals surface area contributed by atoms with Crippen molar-refractivity contribution in [3.8, 4) is 0 Å². The summed E-state index contributed by atoms with van der Waals surface area (Å²) in [5, 5.41) is 12.6. The number of hydrogen-bond donors (Lipinski definition) is 2. The summed E-state index contributed by atoms with van der Waals surface area (Å²) in [4.78, 5) is 11.4. The van der Waals surface area contributed by atoms with Crippen molar-refractivity contribution in [2.45, 2.75) is 64.3 Å². The standard InChI is InChI=1S/C13H25NO2/c1-3-5-7-11(4-2)10-13(12(15)16)8-6-9-14-13/h11,14H,3-10H2,1-2H3,(H,15,16). The van der Waals surface area contributed by atoms with Gasteiger partial charge in [0.1, 0.15) is 5.54 Å². The maximum atomic E-state index is 11.4. The lowest BCUT2D eigenvalue weighted by molar-refractivity contribution is -0.145. The van der Waals surface area contributed by atoms with E-state index in [1.54, 1.807) is 0 Å². The smallest absolute Gasteiger partial charge is 0.323 e. The van der Waals surface area contributed by atoms with Crippen LogP contribution in [0.2, 0.25) is 0 Å². The normalized spacial score (nSPS) is 26.9. The zero-order valence-electron chi connectivity index (χ0n) is 10.6. The van der Waals surface area contributed by atoms with E-state index in [4.69, 9.17) is 0 Å². The van der Waals surface area contributed by atoms with Gasteiger partial charge in [0.2, 0.25) is 0 Å². The summed E-state index contributed by atoms with van der Waals surface area (Å²) < 4.78 is 0. The Morgan fingerprint density at radius 2 is 2.25 bits per heavy atom. The van der Waals surface area contributed by atoms with Crippen molar-refractivity contribution in [2.75, 3.05) is 6.54 Å². The Balaban J connectivity index is 2.55. The molecule has 1 aliphatic rings. The molecule has 0 aliphatic carbocycles. The van der Waals surface area contributed by atoms with Crippen molar-refractivity contribution in [2.24, 2.45) is 5.92 Å². The molecule has 1 heterocycles. The van der Waals surface area contributed by atoms with E-state index in [0.717, 1.165) is 32.2 Å². The summed E-state index contributed by atoms with van der Waals surface area (Å²) in [6.07, 6.45) is 7.28. The minimum Gasteiger partial charge on any atom is -0.480 e. The minimum absolute atomic E-state index is 0.557. The minimum atomic E-state index is -0.653. The first-order chi connectivity index (χ1) is 7.64. The van der Waals surface area contributed by atoms with Crippen molar-refractivity contribution in [1.29, 1.82) is 0 Å². The Hall–Kier alpha value is -0.570. The van der Waals surface area contributed by atoms with Gasteiger partial charge in [0.05, 0.1) is 0 Å². The second-order valence-electron chi connectivity index (χ2n) is 5.04. The molecule has 0 saturated carbocycles. The topological polar surface area (TPSA) is 49.3 Å². The van der Waals surface area contributed by atoms with Gasteiger partial charge in [0, 0.05) is 0 Å². The SMILES string of the molecule is CCCCC(CC)CC1(C(=O)O)CCCN1. The Bertz CT molecular complexity index is 222. The quantitative estimate of drug-likeness (QED) is 0.703. The number of unbranched alkanes of at least 4 members (excludes halogenated alkanes) is 1. The molecule has 0 amide bonds. The van der Waals surface area contributed by atoms with E-state index in [1.807, 2.05) is 0 Å². The summed E-state index contributed by atoms with van der Waals surface area (Å²) in [6.45, 7) is 5.22. The molecule has 1 aliphatic heterocycles. The third kappa shape index (κ3) is 3.21. The van der Waals surface area contributed by atoms with E-state index in [-0.39, 0.29) is 0 Å².